The highest BCUT2D eigenvalue weighted by molar-refractivity contribution is 6.10. The van der Waals surface area contributed by atoms with Crippen LogP contribution in [0.25, 0.3) is 0 Å². The maximum absolute atomic E-state index is 12.7. The minimum atomic E-state index is -0.244. The number of amides is 1. The fourth-order valence-corrected chi connectivity index (χ4v) is 3.80. The molecule has 0 aromatic heterocycles. The van der Waals surface area contributed by atoms with E-state index in [0.29, 0.717) is 17.3 Å². The number of benzene rings is 1. The van der Waals surface area contributed by atoms with Crippen LogP contribution in [0, 0.1) is 22.7 Å². The molecule has 1 N–H and O–H groups in total. The second kappa shape index (κ2) is 9.16. The maximum atomic E-state index is 12.7. The van der Waals surface area contributed by atoms with Crippen LogP contribution in [0.5, 0.6) is 0 Å². The minimum absolute atomic E-state index is 0.0445. The van der Waals surface area contributed by atoms with Crippen molar-refractivity contribution in [1.29, 1.82) is 10.5 Å². The Morgan fingerprint density at radius 2 is 1.63 bits per heavy atom. The molecule has 1 saturated carbocycles. The molecule has 7 nitrogen and oxygen atoms in total. The molecule has 3 rings (SSSR count). The summed E-state index contributed by atoms with van der Waals surface area (Å²) >= 11 is 0. The summed E-state index contributed by atoms with van der Waals surface area (Å²) < 4.78 is 0. The number of carbonyl (C=O) groups excluding carboxylic acids is 1. The molecule has 1 aliphatic carbocycles. The van der Waals surface area contributed by atoms with Crippen molar-refractivity contribution in [3.05, 3.63) is 29.8 Å². The SMILES string of the molecule is N#CC(C#N)=NNc1ccc(C(=O)N2CCN(C3CCCCC3)CC2)cc1. The van der Waals surface area contributed by atoms with E-state index in [2.05, 4.69) is 15.4 Å². The highest BCUT2D eigenvalue weighted by atomic mass is 16.2. The van der Waals surface area contributed by atoms with E-state index in [0.717, 1.165) is 26.2 Å². The van der Waals surface area contributed by atoms with Crippen LogP contribution in [0.4, 0.5) is 5.69 Å². The molecule has 2 aliphatic rings. The Balaban J connectivity index is 1.53. The number of hydrogen-bond acceptors (Lipinski definition) is 6. The Labute approximate surface area is 159 Å². The van der Waals surface area contributed by atoms with E-state index >= 15 is 0 Å². The van der Waals surface area contributed by atoms with Crippen molar-refractivity contribution in [1.82, 2.24) is 9.80 Å². The van der Waals surface area contributed by atoms with E-state index in [-0.39, 0.29) is 11.6 Å². The Hall–Kier alpha value is -2.90. The number of rotatable bonds is 4. The van der Waals surface area contributed by atoms with Crippen LogP contribution < -0.4 is 5.43 Å². The summed E-state index contributed by atoms with van der Waals surface area (Å²) in [4.78, 5) is 17.2. The van der Waals surface area contributed by atoms with Crippen LogP contribution in [0.15, 0.2) is 29.4 Å². The zero-order chi connectivity index (χ0) is 19.1. The quantitative estimate of drug-likeness (QED) is 0.654. The molecule has 0 radical (unpaired) electrons. The number of hydrogen-bond donors (Lipinski definition) is 1. The van der Waals surface area contributed by atoms with Crippen molar-refractivity contribution in [2.75, 3.05) is 31.6 Å². The third-order valence-corrected chi connectivity index (χ3v) is 5.33. The van der Waals surface area contributed by atoms with Gasteiger partial charge in [0, 0.05) is 37.8 Å². The first-order valence-corrected chi connectivity index (χ1v) is 9.48. The highest BCUT2D eigenvalue weighted by Gasteiger charge is 2.27. The Morgan fingerprint density at radius 3 is 2.22 bits per heavy atom. The summed E-state index contributed by atoms with van der Waals surface area (Å²) in [6.45, 7) is 3.45. The van der Waals surface area contributed by atoms with Gasteiger partial charge in [0.05, 0.1) is 5.69 Å². The normalized spacial score (nSPS) is 18.2. The molecule has 2 fully saturated rings. The van der Waals surface area contributed by atoms with E-state index in [1.807, 2.05) is 4.90 Å². The van der Waals surface area contributed by atoms with Gasteiger partial charge < -0.3 is 4.90 Å². The number of piperazine rings is 1. The summed E-state index contributed by atoms with van der Waals surface area (Å²) in [6.07, 6.45) is 6.62. The van der Waals surface area contributed by atoms with Gasteiger partial charge >= 0.3 is 0 Å². The lowest BCUT2D eigenvalue weighted by atomic mass is 9.94. The summed E-state index contributed by atoms with van der Waals surface area (Å²) in [5, 5.41) is 21.0. The summed E-state index contributed by atoms with van der Waals surface area (Å²) in [6, 6.07) is 11.0. The summed E-state index contributed by atoms with van der Waals surface area (Å²) in [5.74, 6) is 0.0445. The van der Waals surface area contributed by atoms with Gasteiger partial charge in [-0.15, -0.1) is 0 Å². The molecule has 0 unspecified atom stereocenters. The lowest BCUT2D eigenvalue weighted by molar-refractivity contribution is 0.0523. The second-order valence-corrected chi connectivity index (χ2v) is 6.99. The smallest absolute Gasteiger partial charge is 0.253 e. The second-order valence-electron chi connectivity index (χ2n) is 6.99. The van der Waals surface area contributed by atoms with Crippen LogP contribution in [0.2, 0.25) is 0 Å². The van der Waals surface area contributed by atoms with E-state index in [1.165, 1.54) is 32.1 Å². The molecule has 140 valence electrons. The lowest BCUT2D eigenvalue weighted by Gasteiger charge is -2.40. The first-order valence-electron chi connectivity index (χ1n) is 9.48. The zero-order valence-electron chi connectivity index (χ0n) is 15.4. The number of anilines is 1. The van der Waals surface area contributed by atoms with Gasteiger partial charge in [0.25, 0.3) is 5.91 Å². The largest absolute Gasteiger partial charge is 0.336 e. The molecular weight excluding hydrogens is 340 g/mol. The Bertz CT molecular complexity index is 743. The predicted octanol–water partition coefficient (Wildman–Crippen LogP) is 2.59. The molecule has 0 spiro atoms. The van der Waals surface area contributed by atoms with Crippen molar-refractivity contribution < 1.29 is 4.79 Å². The first-order chi connectivity index (χ1) is 13.2. The fraction of sp³-hybridized carbons (Fsp3) is 0.500. The third kappa shape index (κ3) is 4.84. The van der Waals surface area contributed by atoms with Crippen molar-refractivity contribution >= 4 is 17.3 Å². The van der Waals surface area contributed by atoms with Crippen LogP contribution in [0.3, 0.4) is 0 Å². The van der Waals surface area contributed by atoms with E-state index < -0.39 is 0 Å². The van der Waals surface area contributed by atoms with Crippen LogP contribution >= 0.6 is 0 Å². The monoisotopic (exact) mass is 364 g/mol. The summed E-state index contributed by atoms with van der Waals surface area (Å²) in [7, 11) is 0. The van der Waals surface area contributed by atoms with Crippen molar-refractivity contribution in [2.45, 2.75) is 38.1 Å². The molecular formula is C20H24N6O. The van der Waals surface area contributed by atoms with Gasteiger partial charge in [-0.2, -0.15) is 15.6 Å². The minimum Gasteiger partial charge on any atom is -0.336 e. The molecule has 0 bridgehead atoms. The number of nitrogens with zero attached hydrogens (tertiary/aromatic N) is 5. The van der Waals surface area contributed by atoms with Gasteiger partial charge in [0.1, 0.15) is 12.1 Å². The van der Waals surface area contributed by atoms with Crippen molar-refractivity contribution in [3.8, 4) is 12.1 Å². The first kappa shape index (κ1) is 18.9. The van der Waals surface area contributed by atoms with Crippen LogP contribution in [-0.4, -0.2) is 53.6 Å². The average molecular weight is 364 g/mol. The molecule has 1 aromatic rings. The van der Waals surface area contributed by atoms with Gasteiger partial charge in [-0.3, -0.25) is 15.1 Å². The van der Waals surface area contributed by atoms with E-state index in [1.54, 1.807) is 36.4 Å². The Kier molecular flexibility index (Phi) is 6.40. The zero-order valence-corrected chi connectivity index (χ0v) is 15.4. The molecule has 0 atom stereocenters. The van der Waals surface area contributed by atoms with Gasteiger partial charge in [-0.25, -0.2) is 0 Å². The predicted molar refractivity (Wildman–Crippen MR) is 103 cm³/mol. The molecule has 1 heterocycles. The lowest BCUT2D eigenvalue weighted by Crippen LogP contribution is -2.52. The topological polar surface area (TPSA) is 95.5 Å². The standard InChI is InChI=1S/C20H24N6O/c21-14-18(15-22)24-23-17-8-6-16(7-9-17)20(27)26-12-10-25(11-13-26)19-4-2-1-3-5-19/h6-9,19,23H,1-5,10-13H2. The van der Waals surface area contributed by atoms with Gasteiger partial charge in [0.15, 0.2) is 0 Å². The van der Waals surface area contributed by atoms with Gasteiger partial charge in [-0.05, 0) is 37.1 Å². The van der Waals surface area contributed by atoms with E-state index in [4.69, 9.17) is 10.5 Å². The van der Waals surface area contributed by atoms with Gasteiger partial charge in [-0.1, -0.05) is 19.3 Å². The third-order valence-electron chi connectivity index (χ3n) is 5.33. The van der Waals surface area contributed by atoms with Crippen molar-refractivity contribution in [3.63, 3.8) is 0 Å². The average Bonchev–Trinajstić information content (AvgIpc) is 2.75. The maximum Gasteiger partial charge on any atom is 0.253 e. The molecule has 27 heavy (non-hydrogen) atoms. The van der Waals surface area contributed by atoms with Crippen LogP contribution in [-0.2, 0) is 0 Å². The van der Waals surface area contributed by atoms with E-state index in [9.17, 15) is 4.79 Å². The number of carbonyl (C=O) groups is 1. The molecule has 1 saturated heterocycles. The molecule has 1 aliphatic heterocycles. The number of nitriles is 2. The van der Waals surface area contributed by atoms with Crippen molar-refractivity contribution in [2.24, 2.45) is 5.10 Å². The molecule has 1 aromatic carbocycles. The Morgan fingerprint density at radius 1 is 1.00 bits per heavy atom. The number of hydrazone groups is 1. The molecule has 7 heteroatoms. The molecule has 1 amide bonds. The van der Waals surface area contributed by atoms with Crippen LogP contribution in [0.1, 0.15) is 42.5 Å². The van der Waals surface area contributed by atoms with Gasteiger partial charge in [0.2, 0.25) is 5.71 Å². The highest BCUT2D eigenvalue weighted by Crippen LogP contribution is 2.24. The number of nitrogens with one attached hydrogen (secondary N) is 1. The fourth-order valence-electron chi connectivity index (χ4n) is 3.80. The summed E-state index contributed by atoms with van der Waals surface area (Å²) in [5.41, 5.74) is 3.66.